The van der Waals surface area contributed by atoms with Crippen LogP contribution < -0.4 is 0 Å². The third-order valence-electron chi connectivity index (χ3n) is 3.35. The molecular weight excluding hydrogens is 267 g/mol. The van der Waals surface area contributed by atoms with Gasteiger partial charge in [0, 0.05) is 17.2 Å². The van der Waals surface area contributed by atoms with Gasteiger partial charge in [-0.3, -0.25) is 0 Å². The van der Waals surface area contributed by atoms with Crippen LogP contribution in [0.25, 0.3) is 11.4 Å². The molecule has 0 spiro atoms. The van der Waals surface area contributed by atoms with Gasteiger partial charge in [0.25, 0.3) is 0 Å². The molecule has 2 aromatic rings. The Morgan fingerprint density at radius 3 is 2.50 bits per heavy atom. The quantitative estimate of drug-likeness (QED) is 0.743. The number of halogens is 2. The molecule has 1 saturated carbocycles. The number of rotatable bonds is 2. The molecule has 1 fully saturated rings. The Bertz CT molecular complexity index is 580. The minimum Gasteiger partial charge on any atom is -0.233 e. The van der Waals surface area contributed by atoms with Crippen molar-refractivity contribution in [2.45, 2.75) is 25.2 Å². The van der Waals surface area contributed by atoms with Gasteiger partial charge in [-0.05, 0) is 31.0 Å². The van der Waals surface area contributed by atoms with Crippen LogP contribution in [0.4, 0.5) is 0 Å². The summed E-state index contributed by atoms with van der Waals surface area (Å²) in [4.78, 5) is 8.88. The maximum atomic E-state index is 6.17. The van der Waals surface area contributed by atoms with E-state index < -0.39 is 0 Å². The minimum atomic E-state index is 0.488. The van der Waals surface area contributed by atoms with E-state index in [0.717, 1.165) is 11.3 Å². The molecule has 4 heteroatoms. The minimum absolute atomic E-state index is 0.488. The fourth-order valence-electron chi connectivity index (χ4n) is 2.11. The Hall–Kier alpha value is -1.12. The average Bonchev–Trinajstić information content (AvgIpc) is 2.26. The van der Waals surface area contributed by atoms with Gasteiger partial charge < -0.3 is 0 Å². The summed E-state index contributed by atoms with van der Waals surface area (Å²) < 4.78 is 0. The smallest absolute Gasteiger partial charge is 0.162 e. The summed E-state index contributed by atoms with van der Waals surface area (Å²) in [6.45, 7) is 0. The molecule has 0 amide bonds. The van der Waals surface area contributed by atoms with Crippen LogP contribution in [0.2, 0.25) is 10.2 Å². The second kappa shape index (κ2) is 4.87. The first kappa shape index (κ1) is 11.9. The third kappa shape index (κ3) is 2.23. The molecule has 1 aromatic heterocycles. The normalized spacial score (nSPS) is 15.4. The molecular formula is C14H12Cl2N2. The summed E-state index contributed by atoms with van der Waals surface area (Å²) in [7, 11) is 0. The third-order valence-corrected chi connectivity index (χ3v) is 3.88. The molecule has 18 heavy (non-hydrogen) atoms. The van der Waals surface area contributed by atoms with Crippen molar-refractivity contribution in [1.29, 1.82) is 0 Å². The van der Waals surface area contributed by atoms with Crippen LogP contribution in [0.1, 0.15) is 30.9 Å². The molecule has 1 heterocycles. The zero-order valence-corrected chi connectivity index (χ0v) is 11.2. The Morgan fingerprint density at radius 1 is 1.06 bits per heavy atom. The van der Waals surface area contributed by atoms with Crippen molar-refractivity contribution in [3.8, 4) is 11.4 Å². The van der Waals surface area contributed by atoms with Crippen molar-refractivity contribution in [3.05, 3.63) is 46.2 Å². The number of hydrogen-bond donors (Lipinski definition) is 0. The van der Waals surface area contributed by atoms with Crippen LogP contribution in [0.3, 0.4) is 0 Å². The van der Waals surface area contributed by atoms with Crippen molar-refractivity contribution in [2.75, 3.05) is 0 Å². The summed E-state index contributed by atoms with van der Waals surface area (Å²) in [6, 6.07) is 9.44. The average molecular weight is 279 g/mol. The molecule has 0 saturated heterocycles. The molecule has 0 unspecified atom stereocenters. The lowest BCUT2D eigenvalue weighted by Crippen LogP contribution is -2.11. The van der Waals surface area contributed by atoms with Gasteiger partial charge in [0.15, 0.2) is 5.82 Å². The van der Waals surface area contributed by atoms with Crippen LogP contribution in [0, 0.1) is 0 Å². The number of nitrogens with zero attached hydrogens (tertiary/aromatic N) is 2. The SMILES string of the molecule is Clc1cc(C2CCC2)nc(-c2ccccc2Cl)n1. The highest BCUT2D eigenvalue weighted by atomic mass is 35.5. The lowest BCUT2D eigenvalue weighted by Gasteiger charge is -2.25. The molecule has 0 atom stereocenters. The van der Waals surface area contributed by atoms with Gasteiger partial charge in [0.1, 0.15) is 5.15 Å². The first-order valence-electron chi connectivity index (χ1n) is 6.03. The predicted molar refractivity (Wildman–Crippen MR) is 74.1 cm³/mol. The van der Waals surface area contributed by atoms with Gasteiger partial charge in [-0.2, -0.15) is 0 Å². The van der Waals surface area contributed by atoms with Gasteiger partial charge in [0.2, 0.25) is 0 Å². The first-order chi connectivity index (χ1) is 8.74. The topological polar surface area (TPSA) is 25.8 Å². The van der Waals surface area contributed by atoms with Crippen LogP contribution in [-0.2, 0) is 0 Å². The molecule has 92 valence electrons. The van der Waals surface area contributed by atoms with E-state index in [0.29, 0.717) is 21.9 Å². The van der Waals surface area contributed by atoms with Gasteiger partial charge >= 0.3 is 0 Å². The highest BCUT2D eigenvalue weighted by molar-refractivity contribution is 6.33. The largest absolute Gasteiger partial charge is 0.233 e. The molecule has 1 aliphatic carbocycles. The molecule has 0 N–H and O–H groups in total. The van der Waals surface area contributed by atoms with E-state index in [4.69, 9.17) is 23.2 Å². The zero-order valence-electron chi connectivity index (χ0n) is 9.74. The maximum Gasteiger partial charge on any atom is 0.162 e. The second-order valence-corrected chi connectivity index (χ2v) is 5.34. The Kier molecular flexibility index (Phi) is 3.23. The van der Waals surface area contributed by atoms with Crippen molar-refractivity contribution >= 4 is 23.2 Å². The molecule has 2 nitrogen and oxygen atoms in total. The molecule has 1 aromatic carbocycles. The number of hydrogen-bond acceptors (Lipinski definition) is 2. The second-order valence-electron chi connectivity index (χ2n) is 4.55. The molecule has 0 radical (unpaired) electrons. The zero-order chi connectivity index (χ0) is 12.5. The fourth-order valence-corrected chi connectivity index (χ4v) is 2.52. The lowest BCUT2D eigenvalue weighted by molar-refractivity contribution is 0.411. The van der Waals surface area contributed by atoms with Gasteiger partial charge in [-0.15, -0.1) is 0 Å². The standard InChI is InChI=1S/C14H12Cl2N2/c15-11-7-2-1-6-10(11)14-17-12(8-13(16)18-14)9-4-3-5-9/h1-2,6-9H,3-5H2. The Labute approximate surface area is 116 Å². The van der Waals surface area contributed by atoms with E-state index in [1.165, 1.54) is 19.3 Å². The Morgan fingerprint density at radius 2 is 1.83 bits per heavy atom. The van der Waals surface area contributed by atoms with Gasteiger partial charge in [0.05, 0.1) is 5.02 Å². The van der Waals surface area contributed by atoms with Crippen molar-refractivity contribution in [1.82, 2.24) is 9.97 Å². The van der Waals surface area contributed by atoms with Crippen LogP contribution in [0.5, 0.6) is 0 Å². The van der Waals surface area contributed by atoms with Crippen molar-refractivity contribution in [2.24, 2.45) is 0 Å². The number of benzene rings is 1. The lowest BCUT2D eigenvalue weighted by atomic mass is 9.83. The summed E-state index contributed by atoms with van der Waals surface area (Å²) in [5.74, 6) is 1.15. The fraction of sp³-hybridized carbons (Fsp3) is 0.286. The molecule has 0 aliphatic heterocycles. The molecule has 0 bridgehead atoms. The van der Waals surface area contributed by atoms with E-state index in [2.05, 4.69) is 9.97 Å². The molecule has 3 rings (SSSR count). The summed E-state index contributed by atoms with van der Waals surface area (Å²) in [5, 5.41) is 1.14. The van der Waals surface area contributed by atoms with Crippen molar-refractivity contribution in [3.63, 3.8) is 0 Å². The summed E-state index contributed by atoms with van der Waals surface area (Å²) >= 11 is 12.3. The maximum absolute atomic E-state index is 6.17. The van der Waals surface area contributed by atoms with Crippen LogP contribution in [-0.4, -0.2) is 9.97 Å². The van der Waals surface area contributed by atoms with Crippen LogP contribution >= 0.6 is 23.2 Å². The Balaban J connectivity index is 2.06. The number of aromatic nitrogens is 2. The van der Waals surface area contributed by atoms with E-state index in [1.54, 1.807) is 0 Å². The van der Waals surface area contributed by atoms with E-state index >= 15 is 0 Å². The summed E-state index contributed by atoms with van der Waals surface area (Å²) in [5.41, 5.74) is 1.87. The highest BCUT2D eigenvalue weighted by Gasteiger charge is 2.22. The van der Waals surface area contributed by atoms with Crippen LogP contribution in [0.15, 0.2) is 30.3 Å². The predicted octanol–water partition coefficient (Wildman–Crippen LogP) is 4.72. The highest BCUT2D eigenvalue weighted by Crippen LogP contribution is 2.37. The van der Waals surface area contributed by atoms with Crippen molar-refractivity contribution < 1.29 is 0 Å². The molecule has 1 aliphatic rings. The van der Waals surface area contributed by atoms with E-state index in [-0.39, 0.29) is 0 Å². The van der Waals surface area contributed by atoms with E-state index in [1.807, 2.05) is 30.3 Å². The summed E-state index contributed by atoms with van der Waals surface area (Å²) in [6.07, 6.45) is 3.65. The van der Waals surface area contributed by atoms with Gasteiger partial charge in [-0.25, -0.2) is 9.97 Å². The first-order valence-corrected chi connectivity index (χ1v) is 6.79. The van der Waals surface area contributed by atoms with Gasteiger partial charge in [-0.1, -0.05) is 41.8 Å². The van der Waals surface area contributed by atoms with E-state index in [9.17, 15) is 0 Å². The monoisotopic (exact) mass is 278 g/mol.